The fourth-order valence-electron chi connectivity index (χ4n) is 1.85. The third kappa shape index (κ3) is 3.03. The molecular formula is C14H14N2O4. The maximum absolute atomic E-state index is 12.0. The third-order valence-electron chi connectivity index (χ3n) is 2.69. The van der Waals surface area contributed by atoms with Crippen LogP contribution in [0.25, 0.3) is 10.9 Å². The molecule has 104 valence electrons. The average molecular weight is 274 g/mol. The van der Waals surface area contributed by atoms with Crippen LogP contribution >= 0.6 is 0 Å². The van der Waals surface area contributed by atoms with Crippen molar-refractivity contribution in [3.63, 3.8) is 0 Å². The largest absolute Gasteiger partial charge is 0.465 e. The van der Waals surface area contributed by atoms with Crippen LogP contribution in [0.4, 0.5) is 0 Å². The zero-order valence-electron chi connectivity index (χ0n) is 10.9. The first-order valence-corrected chi connectivity index (χ1v) is 6.17. The van der Waals surface area contributed by atoms with Crippen molar-refractivity contribution >= 4 is 22.8 Å². The van der Waals surface area contributed by atoms with Crippen LogP contribution in [-0.4, -0.2) is 30.0 Å². The number of H-pyrrole nitrogens is 1. The Bertz CT molecular complexity index is 706. The smallest absolute Gasteiger partial charge is 0.325 e. The fourth-order valence-corrected chi connectivity index (χ4v) is 1.85. The van der Waals surface area contributed by atoms with Gasteiger partial charge in [0.15, 0.2) is 0 Å². The summed E-state index contributed by atoms with van der Waals surface area (Å²) in [6.45, 7) is 1.71. The Balaban J connectivity index is 2.26. The second-order valence-electron chi connectivity index (χ2n) is 4.08. The molecule has 0 radical (unpaired) electrons. The van der Waals surface area contributed by atoms with Gasteiger partial charge in [0.2, 0.25) is 5.56 Å². The Hall–Kier alpha value is -2.63. The zero-order valence-corrected chi connectivity index (χ0v) is 10.9. The van der Waals surface area contributed by atoms with Crippen molar-refractivity contribution in [2.24, 2.45) is 0 Å². The molecule has 0 aliphatic carbocycles. The molecule has 1 heterocycles. The summed E-state index contributed by atoms with van der Waals surface area (Å²) < 4.78 is 4.72. The minimum Gasteiger partial charge on any atom is -0.465 e. The number of fused-ring (bicyclic) bond motifs is 1. The van der Waals surface area contributed by atoms with E-state index in [9.17, 15) is 14.4 Å². The van der Waals surface area contributed by atoms with E-state index in [1.54, 1.807) is 31.2 Å². The van der Waals surface area contributed by atoms with Crippen LogP contribution in [0.5, 0.6) is 0 Å². The van der Waals surface area contributed by atoms with Gasteiger partial charge in [0.1, 0.15) is 6.54 Å². The molecule has 20 heavy (non-hydrogen) atoms. The summed E-state index contributed by atoms with van der Waals surface area (Å²) in [5.74, 6) is -1.00. The fraction of sp³-hybridized carbons (Fsp3) is 0.214. The molecule has 0 spiro atoms. The van der Waals surface area contributed by atoms with Crippen LogP contribution < -0.4 is 10.9 Å². The molecule has 1 aromatic heterocycles. The number of benzene rings is 1. The van der Waals surface area contributed by atoms with Gasteiger partial charge in [0, 0.05) is 17.0 Å². The van der Waals surface area contributed by atoms with E-state index in [4.69, 9.17) is 4.74 Å². The van der Waals surface area contributed by atoms with E-state index in [1.807, 2.05) is 0 Å². The van der Waals surface area contributed by atoms with Crippen LogP contribution in [0.15, 0.2) is 35.1 Å². The number of hydrogen-bond donors (Lipinski definition) is 2. The van der Waals surface area contributed by atoms with Crippen molar-refractivity contribution < 1.29 is 14.3 Å². The maximum atomic E-state index is 12.0. The monoisotopic (exact) mass is 274 g/mol. The Morgan fingerprint density at radius 1 is 1.30 bits per heavy atom. The number of aromatic nitrogens is 1. The van der Waals surface area contributed by atoms with Gasteiger partial charge in [-0.3, -0.25) is 14.4 Å². The molecule has 0 saturated heterocycles. The van der Waals surface area contributed by atoms with Crippen LogP contribution in [-0.2, 0) is 9.53 Å². The molecule has 0 saturated carbocycles. The van der Waals surface area contributed by atoms with Crippen molar-refractivity contribution in [2.75, 3.05) is 13.2 Å². The topological polar surface area (TPSA) is 88.3 Å². The molecule has 0 fully saturated rings. The molecule has 0 aliphatic rings. The molecule has 6 nitrogen and oxygen atoms in total. The highest BCUT2D eigenvalue weighted by atomic mass is 16.5. The average Bonchev–Trinajstić information content (AvgIpc) is 2.44. The van der Waals surface area contributed by atoms with Gasteiger partial charge >= 0.3 is 5.97 Å². The molecule has 2 N–H and O–H groups in total. The SMILES string of the molecule is CCOC(=O)CNC(=O)c1cc(=O)[nH]c2ccccc12. The molecule has 2 rings (SSSR count). The highest BCUT2D eigenvalue weighted by molar-refractivity contribution is 6.06. The predicted octanol–water partition coefficient (Wildman–Crippen LogP) is 0.821. The molecule has 1 aromatic carbocycles. The van der Waals surface area contributed by atoms with Crippen LogP contribution in [0.1, 0.15) is 17.3 Å². The number of para-hydroxylation sites is 1. The first-order valence-electron chi connectivity index (χ1n) is 6.17. The van der Waals surface area contributed by atoms with E-state index in [-0.39, 0.29) is 24.3 Å². The Kier molecular flexibility index (Phi) is 4.14. The Labute approximate surface area is 114 Å². The summed E-state index contributed by atoms with van der Waals surface area (Å²) >= 11 is 0. The standard InChI is InChI=1S/C14H14N2O4/c1-2-20-13(18)8-15-14(19)10-7-12(17)16-11-6-4-3-5-9(10)11/h3-7H,2,8H2,1H3,(H,15,19)(H,16,17). The van der Waals surface area contributed by atoms with Gasteiger partial charge in [-0.15, -0.1) is 0 Å². The molecular weight excluding hydrogens is 260 g/mol. The number of esters is 1. The minimum atomic E-state index is -0.519. The summed E-state index contributed by atoms with van der Waals surface area (Å²) in [7, 11) is 0. The third-order valence-corrected chi connectivity index (χ3v) is 2.69. The number of pyridine rings is 1. The molecule has 0 unspecified atom stereocenters. The van der Waals surface area contributed by atoms with Gasteiger partial charge in [0.25, 0.3) is 5.91 Å². The summed E-state index contributed by atoms with van der Waals surface area (Å²) in [6, 6.07) is 8.17. The van der Waals surface area contributed by atoms with Crippen LogP contribution in [0.3, 0.4) is 0 Å². The van der Waals surface area contributed by atoms with Gasteiger partial charge in [-0.25, -0.2) is 0 Å². The molecule has 0 aliphatic heterocycles. The van der Waals surface area contributed by atoms with Gasteiger partial charge in [-0.2, -0.15) is 0 Å². The van der Waals surface area contributed by atoms with Crippen molar-refractivity contribution in [2.45, 2.75) is 6.92 Å². The number of hydrogen-bond acceptors (Lipinski definition) is 4. The van der Waals surface area contributed by atoms with Crippen molar-refractivity contribution in [1.82, 2.24) is 10.3 Å². The summed E-state index contributed by atoms with van der Waals surface area (Å²) in [4.78, 5) is 37.4. The first kappa shape index (κ1) is 13.8. The highest BCUT2D eigenvalue weighted by Gasteiger charge is 2.12. The first-order chi connectivity index (χ1) is 9.61. The lowest BCUT2D eigenvalue weighted by atomic mass is 10.1. The van der Waals surface area contributed by atoms with E-state index >= 15 is 0 Å². The minimum absolute atomic E-state index is 0.228. The number of rotatable bonds is 4. The molecule has 6 heteroatoms. The Morgan fingerprint density at radius 2 is 2.05 bits per heavy atom. The van der Waals surface area contributed by atoms with Gasteiger partial charge in [-0.1, -0.05) is 18.2 Å². The number of ether oxygens (including phenoxy) is 1. The number of nitrogens with one attached hydrogen (secondary N) is 2. The van der Waals surface area contributed by atoms with E-state index in [0.29, 0.717) is 10.9 Å². The normalized spacial score (nSPS) is 10.2. The van der Waals surface area contributed by atoms with Crippen molar-refractivity contribution in [3.8, 4) is 0 Å². The van der Waals surface area contributed by atoms with Crippen LogP contribution in [0.2, 0.25) is 0 Å². The number of aromatic amines is 1. The second kappa shape index (κ2) is 6.01. The lowest BCUT2D eigenvalue weighted by Crippen LogP contribution is -2.31. The van der Waals surface area contributed by atoms with Crippen LogP contribution in [0, 0.1) is 0 Å². The van der Waals surface area contributed by atoms with E-state index in [1.165, 1.54) is 6.07 Å². The van der Waals surface area contributed by atoms with Gasteiger partial charge in [-0.05, 0) is 13.0 Å². The summed E-state index contributed by atoms with van der Waals surface area (Å²) in [5.41, 5.74) is 0.430. The zero-order chi connectivity index (χ0) is 14.5. The number of amides is 1. The predicted molar refractivity (Wildman–Crippen MR) is 73.5 cm³/mol. The molecule has 1 amide bonds. The quantitative estimate of drug-likeness (QED) is 0.808. The second-order valence-corrected chi connectivity index (χ2v) is 4.08. The molecule has 0 bridgehead atoms. The lowest BCUT2D eigenvalue weighted by molar-refractivity contribution is -0.141. The van der Waals surface area contributed by atoms with E-state index in [0.717, 1.165) is 0 Å². The Morgan fingerprint density at radius 3 is 2.80 bits per heavy atom. The lowest BCUT2D eigenvalue weighted by Gasteiger charge is -2.07. The highest BCUT2D eigenvalue weighted by Crippen LogP contribution is 2.14. The van der Waals surface area contributed by atoms with Gasteiger partial charge < -0.3 is 15.0 Å². The number of carbonyl (C=O) groups is 2. The molecule has 2 aromatic rings. The summed E-state index contributed by atoms with van der Waals surface area (Å²) in [5, 5.41) is 3.06. The van der Waals surface area contributed by atoms with Gasteiger partial charge in [0.05, 0.1) is 12.2 Å². The summed E-state index contributed by atoms with van der Waals surface area (Å²) in [6.07, 6.45) is 0. The van der Waals surface area contributed by atoms with Crippen molar-refractivity contribution in [1.29, 1.82) is 0 Å². The van der Waals surface area contributed by atoms with Crippen molar-refractivity contribution in [3.05, 3.63) is 46.2 Å². The molecule has 0 atom stereocenters. The van der Waals surface area contributed by atoms with E-state index in [2.05, 4.69) is 10.3 Å². The van der Waals surface area contributed by atoms with E-state index < -0.39 is 11.9 Å². The maximum Gasteiger partial charge on any atom is 0.325 e. The number of carbonyl (C=O) groups excluding carboxylic acids is 2.